The van der Waals surface area contributed by atoms with Crippen molar-refractivity contribution in [2.45, 2.75) is 155 Å². The Balaban J connectivity index is 3.20. The molecule has 0 heterocycles. The van der Waals surface area contributed by atoms with Gasteiger partial charge in [-0.1, -0.05) is 109 Å². The second kappa shape index (κ2) is 26.4. The van der Waals surface area contributed by atoms with E-state index < -0.39 is 0 Å². The molecule has 2 heteroatoms. The highest BCUT2D eigenvalue weighted by molar-refractivity contribution is 5.78. The predicted molar refractivity (Wildman–Crippen MR) is 133 cm³/mol. The summed E-state index contributed by atoms with van der Waals surface area (Å²) in [4.78, 5) is 12.0. The van der Waals surface area contributed by atoms with E-state index in [1.54, 1.807) is 0 Å². The van der Waals surface area contributed by atoms with Gasteiger partial charge >= 0.3 is 0 Å². The van der Waals surface area contributed by atoms with Gasteiger partial charge in [-0.15, -0.1) is 0 Å². The maximum atomic E-state index is 12.0. The number of rotatable bonds is 25. The first-order valence-corrected chi connectivity index (χ1v) is 13.6. The van der Waals surface area contributed by atoms with E-state index in [9.17, 15) is 4.79 Å². The first-order chi connectivity index (χ1) is 14.8. The van der Waals surface area contributed by atoms with E-state index in [2.05, 4.69) is 19.1 Å². The van der Waals surface area contributed by atoms with Crippen molar-refractivity contribution in [1.82, 2.24) is 0 Å². The van der Waals surface area contributed by atoms with Crippen LogP contribution in [0.15, 0.2) is 12.2 Å². The van der Waals surface area contributed by atoms with Gasteiger partial charge in [0.1, 0.15) is 5.78 Å². The number of aliphatic hydroxyl groups is 1. The summed E-state index contributed by atoms with van der Waals surface area (Å²) in [6, 6.07) is 0. The molecule has 2 nitrogen and oxygen atoms in total. The molecule has 0 rings (SSSR count). The third kappa shape index (κ3) is 25.4. The standard InChI is InChI=1S/C28H54O2/c1-2-3-4-5-6-7-8-9-10-11-12-13-16-19-22-25-28(30)26-23-20-17-14-15-18-21-24-27-29/h9-10,29H,2-8,11-27H2,1H3/b10-9-. The number of carbonyl (C=O) groups is 1. The smallest absolute Gasteiger partial charge is 0.132 e. The van der Waals surface area contributed by atoms with Crippen molar-refractivity contribution in [1.29, 1.82) is 0 Å². The molecule has 0 saturated carbocycles. The van der Waals surface area contributed by atoms with E-state index in [-0.39, 0.29) is 0 Å². The Bertz CT molecular complexity index is 362. The van der Waals surface area contributed by atoms with E-state index in [0.29, 0.717) is 12.4 Å². The van der Waals surface area contributed by atoms with E-state index in [1.165, 1.54) is 109 Å². The van der Waals surface area contributed by atoms with Gasteiger partial charge in [0.15, 0.2) is 0 Å². The molecule has 0 aliphatic carbocycles. The molecule has 0 aliphatic heterocycles. The summed E-state index contributed by atoms with van der Waals surface area (Å²) in [5.74, 6) is 0.482. The first-order valence-electron chi connectivity index (χ1n) is 13.6. The highest BCUT2D eigenvalue weighted by Crippen LogP contribution is 2.13. The molecule has 0 amide bonds. The molecule has 0 aromatic carbocycles. The molecule has 0 bridgehead atoms. The van der Waals surface area contributed by atoms with E-state index in [1.807, 2.05) is 0 Å². The Hall–Kier alpha value is -0.630. The molecule has 178 valence electrons. The van der Waals surface area contributed by atoms with Gasteiger partial charge in [0, 0.05) is 19.4 Å². The summed E-state index contributed by atoms with van der Waals surface area (Å²) >= 11 is 0. The van der Waals surface area contributed by atoms with Gasteiger partial charge in [-0.3, -0.25) is 4.79 Å². The molecule has 1 N–H and O–H groups in total. The van der Waals surface area contributed by atoms with Crippen LogP contribution in [-0.2, 0) is 4.79 Å². The van der Waals surface area contributed by atoms with Crippen LogP contribution < -0.4 is 0 Å². The fourth-order valence-electron chi connectivity index (χ4n) is 4.01. The van der Waals surface area contributed by atoms with Gasteiger partial charge in [0.2, 0.25) is 0 Å². The molecule has 0 aliphatic rings. The number of Topliss-reactive ketones (excluding diaryl/α,β-unsaturated/α-hetero) is 1. The van der Waals surface area contributed by atoms with Crippen LogP contribution in [0.4, 0.5) is 0 Å². The van der Waals surface area contributed by atoms with Crippen molar-refractivity contribution in [3.05, 3.63) is 12.2 Å². The summed E-state index contributed by atoms with van der Waals surface area (Å²) in [7, 11) is 0. The minimum Gasteiger partial charge on any atom is -0.396 e. The zero-order chi connectivity index (χ0) is 22.0. The summed E-state index contributed by atoms with van der Waals surface area (Å²) in [5, 5.41) is 8.74. The molecule has 0 aromatic rings. The lowest BCUT2D eigenvalue weighted by atomic mass is 10.0. The summed E-state index contributed by atoms with van der Waals surface area (Å²) in [6.45, 7) is 2.61. The lowest BCUT2D eigenvalue weighted by Crippen LogP contribution is -1.97. The minimum absolute atomic E-state index is 0.332. The van der Waals surface area contributed by atoms with Crippen molar-refractivity contribution in [3.8, 4) is 0 Å². The first kappa shape index (κ1) is 29.4. The van der Waals surface area contributed by atoms with Gasteiger partial charge in [0.25, 0.3) is 0 Å². The Labute approximate surface area is 189 Å². The van der Waals surface area contributed by atoms with Crippen LogP contribution >= 0.6 is 0 Å². The third-order valence-electron chi connectivity index (χ3n) is 6.08. The van der Waals surface area contributed by atoms with Gasteiger partial charge in [-0.2, -0.15) is 0 Å². The van der Waals surface area contributed by atoms with E-state index in [4.69, 9.17) is 5.11 Å². The molecular weight excluding hydrogens is 368 g/mol. The van der Waals surface area contributed by atoms with Crippen molar-refractivity contribution < 1.29 is 9.90 Å². The fourth-order valence-corrected chi connectivity index (χ4v) is 4.01. The van der Waals surface area contributed by atoms with Gasteiger partial charge in [-0.05, 0) is 44.9 Å². The normalized spacial score (nSPS) is 11.5. The van der Waals surface area contributed by atoms with Gasteiger partial charge in [-0.25, -0.2) is 0 Å². The zero-order valence-electron chi connectivity index (χ0n) is 20.5. The Morgan fingerprint density at radius 1 is 0.533 bits per heavy atom. The molecule has 0 saturated heterocycles. The minimum atomic E-state index is 0.332. The zero-order valence-corrected chi connectivity index (χ0v) is 20.5. The van der Waals surface area contributed by atoms with Crippen molar-refractivity contribution in [2.75, 3.05) is 6.61 Å². The van der Waals surface area contributed by atoms with Crippen LogP contribution in [0.5, 0.6) is 0 Å². The second-order valence-corrected chi connectivity index (χ2v) is 9.17. The molecule has 30 heavy (non-hydrogen) atoms. The Morgan fingerprint density at radius 3 is 1.33 bits per heavy atom. The highest BCUT2D eigenvalue weighted by atomic mass is 16.2. The monoisotopic (exact) mass is 422 g/mol. The number of hydrogen-bond acceptors (Lipinski definition) is 2. The Morgan fingerprint density at radius 2 is 0.900 bits per heavy atom. The maximum absolute atomic E-state index is 12.0. The second-order valence-electron chi connectivity index (χ2n) is 9.17. The van der Waals surface area contributed by atoms with Crippen LogP contribution in [0.1, 0.15) is 155 Å². The molecule has 0 aromatic heterocycles. The molecule has 0 unspecified atom stereocenters. The third-order valence-corrected chi connectivity index (χ3v) is 6.08. The van der Waals surface area contributed by atoms with Gasteiger partial charge < -0.3 is 5.11 Å². The SMILES string of the molecule is CCCCCCCC/C=C\CCCCCCCC(=O)CCCCCCCCCCO. The molecule has 0 radical (unpaired) electrons. The van der Waals surface area contributed by atoms with Crippen LogP contribution in [0.25, 0.3) is 0 Å². The quantitative estimate of drug-likeness (QED) is 0.118. The van der Waals surface area contributed by atoms with Gasteiger partial charge in [0.05, 0.1) is 0 Å². The molecule has 0 spiro atoms. The molecule has 0 atom stereocenters. The average Bonchev–Trinajstić information content (AvgIpc) is 2.75. The topological polar surface area (TPSA) is 37.3 Å². The summed E-state index contributed by atoms with van der Waals surface area (Å²) < 4.78 is 0. The highest BCUT2D eigenvalue weighted by Gasteiger charge is 2.02. The predicted octanol–water partition coefficient (Wildman–Crippen LogP) is 9.10. The van der Waals surface area contributed by atoms with E-state index in [0.717, 1.165) is 38.5 Å². The maximum Gasteiger partial charge on any atom is 0.132 e. The van der Waals surface area contributed by atoms with Crippen molar-refractivity contribution in [2.24, 2.45) is 0 Å². The number of allylic oxidation sites excluding steroid dienone is 2. The van der Waals surface area contributed by atoms with Crippen LogP contribution in [0.2, 0.25) is 0 Å². The van der Waals surface area contributed by atoms with Crippen LogP contribution in [-0.4, -0.2) is 17.5 Å². The van der Waals surface area contributed by atoms with Crippen molar-refractivity contribution >= 4 is 5.78 Å². The molecule has 0 fully saturated rings. The summed E-state index contributed by atoms with van der Waals surface area (Å²) in [5.41, 5.74) is 0. The number of aliphatic hydroxyl groups excluding tert-OH is 1. The lowest BCUT2D eigenvalue weighted by Gasteiger charge is -2.03. The molecular formula is C28H54O2. The average molecular weight is 423 g/mol. The fraction of sp³-hybridized carbons (Fsp3) is 0.893. The number of carbonyl (C=O) groups excluding carboxylic acids is 1. The van der Waals surface area contributed by atoms with E-state index >= 15 is 0 Å². The van der Waals surface area contributed by atoms with Crippen LogP contribution in [0, 0.1) is 0 Å². The number of unbranched alkanes of at least 4 members (excludes halogenated alkanes) is 18. The number of ketones is 1. The lowest BCUT2D eigenvalue weighted by molar-refractivity contribution is -0.119. The van der Waals surface area contributed by atoms with Crippen molar-refractivity contribution in [3.63, 3.8) is 0 Å². The van der Waals surface area contributed by atoms with Crippen LogP contribution in [0.3, 0.4) is 0 Å². The number of hydrogen-bond donors (Lipinski definition) is 1. The summed E-state index contributed by atoms with van der Waals surface area (Å²) in [6.07, 6.45) is 32.9. The Kier molecular flexibility index (Phi) is 25.9. The largest absolute Gasteiger partial charge is 0.396 e.